The number of nitrogens with zero attached hydrogens (tertiary/aromatic N) is 3. The number of carbonyl (C=O) groups excluding carboxylic acids is 1. The zero-order chi connectivity index (χ0) is 21.1. The number of nitrogens with one attached hydrogen (secondary N) is 2. The number of amides is 1. The van der Waals surface area contributed by atoms with Gasteiger partial charge in [0.1, 0.15) is 0 Å². The molecule has 0 unspecified atom stereocenters. The van der Waals surface area contributed by atoms with Crippen LogP contribution in [0.1, 0.15) is 11.3 Å². The van der Waals surface area contributed by atoms with E-state index in [2.05, 4.69) is 20.6 Å². The number of rotatable bonds is 9. The second-order valence-electron chi connectivity index (χ2n) is 6.36. The minimum Gasteiger partial charge on any atom is -0.493 e. The molecule has 0 atom stereocenters. The number of likely N-dealkylation sites (N-methyl/N-ethyl adjacent to an activating group) is 1. The molecule has 0 saturated carbocycles. The first-order chi connectivity index (χ1) is 14.1. The number of aliphatic imine (C=N–C) groups is 1. The highest BCUT2D eigenvalue weighted by Gasteiger charge is 2.10. The van der Waals surface area contributed by atoms with E-state index in [0.717, 1.165) is 17.7 Å². The van der Waals surface area contributed by atoms with Gasteiger partial charge < -0.3 is 25.0 Å². The molecule has 0 aliphatic heterocycles. The highest BCUT2D eigenvalue weighted by molar-refractivity contribution is 14.0. The molecule has 2 rings (SSSR count). The van der Waals surface area contributed by atoms with E-state index in [1.54, 1.807) is 39.4 Å². The van der Waals surface area contributed by atoms with Gasteiger partial charge in [-0.05, 0) is 29.8 Å². The Morgan fingerprint density at radius 3 is 2.53 bits per heavy atom. The van der Waals surface area contributed by atoms with Crippen LogP contribution in [0.2, 0.25) is 0 Å². The summed E-state index contributed by atoms with van der Waals surface area (Å²) in [6.45, 7) is 1.29. The van der Waals surface area contributed by atoms with Crippen LogP contribution in [-0.4, -0.2) is 63.2 Å². The number of pyridine rings is 1. The van der Waals surface area contributed by atoms with Crippen molar-refractivity contribution in [3.8, 4) is 11.5 Å². The van der Waals surface area contributed by atoms with Gasteiger partial charge in [0.25, 0.3) is 0 Å². The maximum Gasteiger partial charge on any atom is 0.241 e. The third-order valence-electron chi connectivity index (χ3n) is 4.39. The second-order valence-corrected chi connectivity index (χ2v) is 6.36. The van der Waals surface area contributed by atoms with Crippen LogP contribution < -0.4 is 20.1 Å². The molecule has 0 fully saturated rings. The highest BCUT2D eigenvalue weighted by atomic mass is 127. The molecule has 1 amide bonds. The van der Waals surface area contributed by atoms with E-state index < -0.39 is 0 Å². The Kier molecular flexibility index (Phi) is 11.6. The first kappa shape index (κ1) is 25.5. The van der Waals surface area contributed by atoms with E-state index >= 15 is 0 Å². The number of methoxy groups -OCH3 is 2. The lowest BCUT2D eigenvalue weighted by Crippen LogP contribution is -2.43. The summed E-state index contributed by atoms with van der Waals surface area (Å²) >= 11 is 0. The summed E-state index contributed by atoms with van der Waals surface area (Å²) in [6.07, 6.45) is 2.47. The van der Waals surface area contributed by atoms with Crippen molar-refractivity contribution in [2.75, 3.05) is 41.4 Å². The fraction of sp³-hybridized carbons (Fsp3) is 0.381. The Hall–Kier alpha value is -2.56. The van der Waals surface area contributed by atoms with Crippen LogP contribution in [0.4, 0.5) is 0 Å². The van der Waals surface area contributed by atoms with E-state index in [9.17, 15) is 4.79 Å². The van der Waals surface area contributed by atoms with Gasteiger partial charge in [-0.1, -0.05) is 12.1 Å². The number of hydrogen-bond donors (Lipinski definition) is 2. The molecule has 30 heavy (non-hydrogen) atoms. The zero-order valence-corrected chi connectivity index (χ0v) is 20.2. The zero-order valence-electron chi connectivity index (χ0n) is 17.8. The number of aromatic nitrogens is 1. The van der Waals surface area contributed by atoms with Crippen molar-refractivity contribution in [2.45, 2.75) is 13.0 Å². The van der Waals surface area contributed by atoms with Crippen molar-refractivity contribution in [2.24, 2.45) is 4.99 Å². The molecule has 1 aromatic carbocycles. The summed E-state index contributed by atoms with van der Waals surface area (Å²) in [5.74, 6) is 1.87. The molecule has 0 aliphatic carbocycles. The van der Waals surface area contributed by atoms with Crippen LogP contribution in [0.3, 0.4) is 0 Å². The minimum atomic E-state index is -0.0185. The molecular weight excluding hydrogens is 497 g/mol. The maximum atomic E-state index is 12.3. The first-order valence-corrected chi connectivity index (χ1v) is 9.36. The SMILES string of the molecule is CN=C(NCC(=O)N(C)CCc1ccccn1)NCc1ccc(OC)c(OC)c1.I. The van der Waals surface area contributed by atoms with Crippen LogP contribution in [-0.2, 0) is 17.8 Å². The average molecular weight is 527 g/mol. The lowest BCUT2D eigenvalue weighted by Gasteiger charge is -2.18. The predicted molar refractivity (Wildman–Crippen MR) is 129 cm³/mol. The van der Waals surface area contributed by atoms with Crippen molar-refractivity contribution in [1.29, 1.82) is 0 Å². The van der Waals surface area contributed by atoms with Gasteiger partial charge in [0.2, 0.25) is 5.91 Å². The largest absolute Gasteiger partial charge is 0.493 e. The van der Waals surface area contributed by atoms with Crippen LogP contribution in [0, 0.1) is 0 Å². The Morgan fingerprint density at radius 1 is 1.13 bits per heavy atom. The van der Waals surface area contributed by atoms with Gasteiger partial charge in [-0.2, -0.15) is 0 Å². The van der Waals surface area contributed by atoms with Crippen LogP contribution in [0.5, 0.6) is 11.5 Å². The average Bonchev–Trinajstić information content (AvgIpc) is 2.77. The maximum absolute atomic E-state index is 12.3. The molecule has 1 heterocycles. The summed E-state index contributed by atoms with van der Waals surface area (Å²) < 4.78 is 10.6. The van der Waals surface area contributed by atoms with Gasteiger partial charge in [-0.25, -0.2) is 0 Å². The summed E-state index contributed by atoms with van der Waals surface area (Å²) in [4.78, 5) is 22.5. The van der Waals surface area contributed by atoms with Crippen molar-refractivity contribution in [3.05, 3.63) is 53.9 Å². The molecule has 2 N–H and O–H groups in total. The molecule has 0 saturated heterocycles. The molecule has 8 nitrogen and oxygen atoms in total. The lowest BCUT2D eigenvalue weighted by molar-refractivity contribution is -0.128. The third-order valence-corrected chi connectivity index (χ3v) is 4.39. The van der Waals surface area contributed by atoms with Crippen molar-refractivity contribution >= 4 is 35.8 Å². The molecule has 9 heteroatoms. The normalized spacial score (nSPS) is 10.6. The van der Waals surface area contributed by atoms with Crippen LogP contribution in [0.25, 0.3) is 0 Å². The Balaban J connectivity index is 0.00000450. The fourth-order valence-corrected chi connectivity index (χ4v) is 2.64. The first-order valence-electron chi connectivity index (χ1n) is 9.36. The lowest BCUT2D eigenvalue weighted by atomic mass is 10.2. The summed E-state index contributed by atoms with van der Waals surface area (Å²) in [6, 6.07) is 11.5. The molecule has 0 aliphatic rings. The topological polar surface area (TPSA) is 88.1 Å². The number of ether oxygens (including phenoxy) is 2. The van der Waals surface area contributed by atoms with Crippen LogP contribution >= 0.6 is 24.0 Å². The van der Waals surface area contributed by atoms with Gasteiger partial charge in [0, 0.05) is 45.5 Å². The monoisotopic (exact) mass is 527 g/mol. The number of hydrogen-bond acceptors (Lipinski definition) is 5. The van der Waals surface area contributed by atoms with E-state index in [4.69, 9.17) is 9.47 Å². The van der Waals surface area contributed by atoms with E-state index in [1.807, 2.05) is 36.4 Å². The van der Waals surface area contributed by atoms with E-state index in [-0.39, 0.29) is 36.4 Å². The number of guanidine groups is 1. The number of benzene rings is 1. The standard InChI is InChI=1S/C21H29N5O3.HI/c1-22-21(24-14-16-8-9-18(28-3)19(13-16)29-4)25-15-20(27)26(2)12-10-17-7-5-6-11-23-17;/h5-9,11,13H,10,12,14-15H2,1-4H3,(H2,22,24,25);1H. The van der Waals surface area contributed by atoms with E-state index in [0.29, 0.717) is 30.5 Å². The quantitative estimate of drug-likeness (QED) is 0.295. The molecule has 0 radical (unpaired) electrons. The molecule has 0 spiro atoms. The molecule has 1 aromatic heterocycles. The van der Waals surface area contributed by atoms with Gasteiger partial charge in [-0.15, -0.1) is 24.0 Å². The van der Waals surface area contributed by atoms with Gasteiger partial charge in [-0.3, -0.25) is 14.8 Å². The number of carbonyl (C=O) groups is 1. The highest BCUT2D eigenvalue weighted by Crippen LogP contribution is 2.27. The van der Waals surface area contributed by atoms with E-state index in [1.165, 1.54) is 0 Å². The van der Waals surface area contributed by atoms with Crippen molar-refractivity contribution in [3.63, 3.8) is 0 Å². The Morgan fingerprint density at radius 2 is 1.90 bits per heavy atom. The minimum absolute atomic E-state index is 0. The van der Waals surface area contributed by atoms with Crippen LogP contribution in [0.15, 0.2) is 47.6 Å². The number of halogens is 1. The smallest absolute Gasteiger partial charge is 0.241 e. The third kappa shape index (κ3) is 8.05. The molecule has 0 bridgehead atoms. The molecule has 164 valence electrons. The molecular formula is C21H30IN5O3. The van der Waals surface area contributed by atoms with Gasteiger partial charge in [0.05, 0.1) is 20.8 Å². The predicted octanol–water partition coefficient (Wildman–Crippen LogP) is 2.08. The van der Waals surface area contributed by atoms with Gasteiger partial charge >= 0.3 is 0 Å². The molecule has 2 aromatic rings. The Bertz CT molecular complexity index is 818. The Labute approximate surface area is 195 Å². The summed E-state index contributed by atoms with van der Waals surface area (Å²) in [7, 11) is 6.66. The van der Waals surface area contributed by atoms with Gasteiger partial charge in [0.15, 0.2) is 17.5 Å². The summed E-state index contributed by atoms with van der Waals surface area (Å²) in [5, 5.41) is 6.23. The second kappa shape index (κ2) is 13.6. The van der Waals surface area contributed by atoms with Crippen molar-refractivity contribution in [1.82, 2.24) is 20.5 Å². The summed E-state index contributed by atoms with van der Waals surface area (Å²) in [5.41, 5.74) is 1.97. The van der Waals surface area contributed by atoms with Crippen molar-refractivity contribution < 1.29 is 14.3 Å². The fourth-order valence-electron chi connectivity index (χ4n) is 2.64.